The van der Waals surface area contributed by atoms with Crippen molar-refractivity contribution in [2.45, 2.75) is 32.4 Å². The molecule has 0 amide bonds. The van der Waals surface area contributed by atoms with E-state index < -0.39 is 0 Å². The van der Waals surface area contributed by atoms with Crippen molar-refractivity contribution in [3.63, 3.8) is 0 Å². The highest BCUT2D eigenvalue weighted by atomic mass is 16.5. The van der Waals surface area contributed by atoms with Crippen molar-refractivity contribution in [3.05, 3.63) is 54.5 Å². The number of benzene rings is 1. The molecule has 2 aromatic heterocycles. The molecule has 24 heavy (non-hydrogen) atoms. The quantitative estimate of drug-likeness (QED) is 0.723. The van der Waals surface area contributed by atoms with Crippen molar-refractivity contribution >= 4 is 10.9 Å². The van der Waals surface area contributed by atoms with Crippen LogP contribution in [0.1, 0.15) is 31.9 Å². The Balaban J connectivity index is 2.10. The molecule has 5 heteroatoms. The van der Waals surface area contributed by atoms with E-state index in [4.69, 9.17) is 4.74 Å². The number of nitrogens with one attached hydrogen (secondary N) is 1. The van der Waals surface area contributed by atoms with Crippen LogP contribution < -0.4 is 10.1 Å². The maximum atomic E-state index is 6.02. The molecule has 1 N–H and O–H groups in total. The van der Waals surface area contributed by atoms with Crippen LogP contribution in [-0.2, 0) is 0 Å². The van der Waals surface area contributed by atoms with E-state index in [1.54, 1.807) is 6.20 Å². The Morgan fingerprint density at radius 2 is 2.04 bits per heavy atom. The third kappa shape index (κ3) is 3.41. The number of hydrogen-bond donors (Lipinski definition) is 1. The average Bonchev–Trinajstić information content (AvgIpc) is 3.01. The molecule has 0 radical (unpaired) electrons. The van der Waals surface area contributed by atoms with Gasteiger partial charge in [0.2, 0.25) is 0 Å². The highest BCUT2D eigenvalue weighted by Gasteiger charge is 2.19. The van der Waals surface area contributed by atoms with E-state index in [2.05, 4.69) is 32.2 Å². The van der Waals surface area contributed by atoms with Gasteiger partial charge in [0.15, 0.2) is 0 Å². The number of nitrogens with zero attached hydrogens (tertiary/aromatic N) is 3. The Labute approximate surface area is 142 Å². The van der Waals surface area contributed by atoms with Gasteiger partial charge in [-0.1, -0.05) is 18.2 Å². The van der Waals surface area contributed by atoms with E-state index in [-0.39, 0.29) is 12.1 Å². The molecule has 5 nitrogen and oxygen atoms in total. The summed E-state index contributed by atoms with van der Waals surface area (Å²) < 4.78 is 8.10. The monoisotopic (exact) mass is 324 g/mol. The van der Waals surface area contributed by atoms with Gasteiger partial charge in [-0.3, -0.25) is 9.67 Å². The van der Waals surface area contributed by atoms with Gasteiger partial charge in [0.25, 0.3) is 0 Å². The zero-order chi connectivity index (χ0) is 16.9. The smallest absolute Gasteiger partial charge is 0.145 e. The molecule has 0 aliphatic rings. The lowest BCUT2D eigenvalue weighted by molar-refractivity contribution is 0.244. The van der Waals surface area contributed by atoms with Gasteiger partial charge in [0.05, 0.1) is 18.3 Å². The highest BCUT2D eigenvalue weighted by molar-refractivity contribution is 5.85. The number of rotatable bonds is 7. The zero-order valence-electron chi connectivity index (χ0n) is 14.4. The summed E-state index contributed by atoms with van der Waals surface area (Å²) in [7, 11) is 1.97. The molecule has 0 spiro atoms. The van der Waals surface area contributed by atoms with Crippen LogP contribution in [0.25, 0.3) is 10.9 Å². The second-order valence-corrected chi connectivity index (χ2v) is 6.14. The molecular formula is C19H24N4O. The van der Waals surface area contributed by atoms with E-state index >= 15 is 0 Å². The molecule has 3 rings (SSSR count). The first-order chi connectivity index (χ1) is 11.7. The fraction of sp³-hybridized carbons (Fsp3) is 0.368. The molecule has 1 aromatic carbocycles. The van der Waals surface area contributed by atoms with Crippen LogP contribution in [-0.4, -0.2) is 34.5 Å². The molecular weight excluding hydrogens is 300 g/mol. The van der Waals surface area contributed by atoms with Crippen molar-refractivity contribution in [3.8, 4) is 5.75 Å². The summed E-state index contributed by atoms with van der Waals surface area (Å²) in [6, 6.07) is 10.3. The Hall–Kier alpha value is -2.40. The van der Waals surface area contributed by atoms with E-state index in [1.807, 2.05) is 51.5 Å². The third-order valence-corrected chi connectivity index (χ3v) is 3.98. The van der Waals surface area contributed by atoms with Gasteiger partial charge in [-0.2, -0.15) is 5.10 Å². The minimum Gasteiger partial charge on any atom is -0.489 e. The second-order valence-electron chi connectivity index (χ2n) is 6.14. The Morgan fingerprint density at radius 3 is 2.75 bits per heavy atom. The van der Waals surface area contributed by atoms with Crippen LogP contribution in [0.3, 0.4) is 0 Å². The molecule has 0 saturated heterocycles. The van der Waals surface area contributed by atoms with Crippen molar-refractivity contribution in [2.24, 2.45) is 0 Å². The predicted octanol–water partition coefficient (Wildman–Crippen LogP) is 3.42. The Bertz CT molecular complexity index is 782. The molecule has 1 unspecified atom stereocenters. The zero-order valence-corrected chi connectivity index (χ0v) is 14.4. The minimum absolute atomic E-state index is 0.112. The summed E-state index contributed by atoms with van der Waals surface area (Å²) >= 11 is 0. The fourth-order valence-corrected chi connectivity index (χ4v) is 2.94. The molecule has 2 heterocycles. The first-order valence-corrected chi connectivity index (χ1v) is 8.38. The summed E-state index contributed by atoms with van der Waals surface area (Å²) in [4.78, 5) is 4.28. The first kappa shape index (κ1) is 16.5. The van der Waals surface area contributed by atoms with Crippen LogP contribution in [0.5, 0.6) is 5.75 Å². The molecule has 0 aliphatic heterocycles. The average molecular weight is 324 g/mol. The topological polar surface area (TPSA) is 52.0 Å². The molecule has 1 atom stereocenters. The van der Waals surface area contributed by atoms with Gasteiger partial charge in [-0.25, -0.2) is 0 Å². The number of pyridine rings is 1. The van der Waals surface area contributed by atoms with E-state index in [1.165, 1.54) is 0 Å². The van der Waals surface area contributed by atoms with Crippen LogP contribution in [0.2, 0.25) is 0 Å². The number of fused-ring (bicyclic) bond motifs is 1. The Morgan fingerprint density at radius 1 is 1.17 bits per heavy atom. The number of para-hydroxylation sites is 1. The van der Waals surface area contributed by atoms with Crippen molar-refractivity contribution in [1.82, 2.24) is 20.1 Å². The van der Waals surface area contributed by atoms with E-state index in [0.717, 1.165) is 35.2 Å². The SMILES string of the molecule is CNCCC(c1cccnc1)n1ncc2cccc(OC(C)C)c21. The maximum absolute atomic E-state index is 6.02. The van der Waals surface area contributed by atoms with Crippen LogP contribution in [0.15, 0.2) is 48.9 Å². The number of ether oxygens (including phenoxy) is 1. The molecule has 0 aliphatic carbocycles. The second kappa shape index (κ2) is 7.45. The van der Waals surface area contributed by atoms with E-state index in [0.29, 0.717) is 0 Å². The van der Waals surface area contributed by atoms with Crippen molar-refractivity contribution < 1.29 is 4.74 Å². The lowest BCUT2D eigenvalue weighted by atomic mass is 10.1. The summed E-state index contributed by atoms with van der Waals surface area (Å²) in [6.07, 6.45) is 6.67. The van der Waals surface area contributed by atoms with Crippen LogP contribution in [0.4, 0.5) is 0 Å². The molecule has 0 saturated carbocycles. The summed E-state index contributed by atoms with van der Waals surface area (Å²) in [5, 5.41) is 9.00. The normalized spacial score (nSPS) is 12.7. The fourth-order valence-electron chi connectivity index (χ4n) is 2.94. The van der Waals surface area contributed by atoms with Crippen LogP contribution >= 0.6 is 0 Å². The predicted molar refractivity (Wildman–Crippen MR) is 96.4 cm³/mol. The largest absolute Gasteiger partial charge is 0.489 e. The van der Waals surface area contributed by atoms with Crippen LogP contribution in [0, 0.1) is 0 Å². The third-order valence-electron chi connectivity index (χ3n) is 3.98. The Kier molecular flexibility index (Phi) is 5.11. The van der Waals surface area contributed by atoms with E-state index in [9.17, 15) is 0 Å². The lowest BCUT2D eigenvalue weighted by Crippen LogP contribution is -2.19. The van der Waals surface area contributed by atoms with Crippen molar-refractivity contribution in [1.29, 1.82) is 0 Å². The molecule has 0 bridgehead atoms. The first-order valence-electron chi connectivity index (χ1n) is 8.38. The molecule has 0 fully saturated rings. The molecule has 3 aromatic rings. The maximum Gasteiger partial charge on any atom is 0.145 e. The van der Waals surface area contributed by atoms with Gasteiger partial charge < -0.3 is 10.1 Å². The highest BCUT2D eigenvalue weighted by Crippen LogP contribution is 2.31. The van der Waals surface area contributed by atoms with Crippen molar-refractivity contribution in [2.75, 3.05) is 13.6 Å². The standard InChI is InChI=1S/C19H24N4O/c1-14(2)24-18-8-4-6-16-13-22-23(19(16)18)17(9-11-20-3)15-7-5-10-21-12-15/h4-8,10,12-14,17,20H,9,11H2,1-3H3. The van der Waals surface area contributed by atoms with Gasteiger partial charge >= 0.3 is 0 Å². The molecule has 126 valence electrons. The van der Waals surface area contributed by atoms with Gasteiger partial charge in [0, 0.05) is 17.8 Å². The minimum atomic E-state index is 0.112. The van der Waals surface area contributed by atoms with Gasteiger partial charge in [0.1, 0.15) is 11.3 Å². The lowest BCUT2D eigenvalue weighted by Gasteiger charge is -2.20. The summed E-state index contributed by atoms with van der Waals surface area (Å²) in [6.45, 7) is 4.98. The number of aromatic nitrogens is 3. The van der Waals surface area contributed by atoms with Gasteiger partial charge in [-0.15, -0.1) is 0 Å². The summed E-state index contributed by atoms with van der Waals surface area (Å²) in [5.74, 6) is 0.873. The summed E-state index contributed by atoms with van der Waals surface area (Å²) in [5.41, 5.74) is 2.19. The number of hydrogen-bond acceptors (Lipinski definition) is 4. The van der Waals surface area contributed by atoms with Gasteiger partial charge in [-0.05, 0) is 51.6 Å².